The second kappa shape index (κ2) is 20.5. The molecule has 2 aliphatic heterocycles. The molecule has 5 rings (SSSR count). The zero-order chi connectivity index (χ0) is 41.0. The second-order valence-corrected chi connectivity index (χ2v) is 14.3. The fourth-order valence-corrected chi connectivity index (χ4v) is 7.11. The first kappa shape index (κ1) is 43.3. The number of carbonyl (C=O) groups excluding carboxylic acids is 4. The molecule has 0 saturated carbocycles. The molecule has 1 N–H and O–H groups in total. The van der Waals surface area contributed by atoms with E-state index < -0.39 is 85.4 Å². The van der Waals surface area contributed by atoms with E-state index in [1.165, 1.54) is 20.8 Å². The van der Waals surface area contributed by atoms with Gasteiger partial charge in [0.1, 0.15) is 31.5 Å². The van der Waals surface area contributed by atoms with E-state index in [1.54, 1.807) is 19.1 Å². The largest absolute Gasteiger partial charge is 0.463 e. The molecule has 0 bridgehead atoms. The van der Waals surface area contributed by atoms with E-state index in [0.717, 1.165) is 16.7 Å². The Morgan fingerprint density at radius 2 is 1.19 bits per heavy atom. The number of hydrogen-bond donors (Lipinski definition) is 1. The highest BCUT2D eigenvalue weighted by atomic mass is 16.8. The molecule has 3 aromatic rings. The Morgan fingerprint density at radius 3 is 1.72 bits per heavy atom. The monoisotopic (exact) mass is 791 g/mol. The van der Waals surface area contributed by atoms with Gasteiger partial charge in [-0.1, -0.05) is 105 Å². The topological polar surface area (TPSA) is 163 Å². The third-order valence-corrected chi connectivity index (χ3v) is 9.81. The molecule has 2 fully saturated rings. The third kappa shape index (κ3) is 12.1. The molecular formula is C43H53NO13. The van der Waals surface area contributed by atoms with E-state index >= 15 is 0 Å². The van der Waals surface area contributed by atoms with Crippen molar-refractivity contribution < 1.29 is 61.8 Å². The zero-order valence-electron chi connectivity index (χ0n) is 33.2. The lowest BCUT2D eigenvalue weighted by Gasteiger charge is -2.53. The number of ether oxygens (including phenoxy) is 9. The Labute approximate surface area is 333 Å². The Hall–Kier alpha value is -4.86. The summed E-state index contributed by atoms with van der Waals surface area (Å²) in [6, 6.07) is 27.0. The van der Waals surface area contributed by atoms with Gasteiger partial charge in [-0.25, -0.2) is 4.79 Å². The van der Waals surface area contributed by atoms with Crippen molar-refractivity contribution in [1.29, 1.82) is 0 Å². The van der Waals surface area contributed by atoms with Crippen molar-refractivity contribution in [3.8, 4) is 0 Å². The van der Waals surface area contributed by atoms with Crippen LogP contribution in [0.2, 0.25) is 0 Å². The van der Waals surface area contributed by atoms with Crippen molar-refractivity contribution in [3.05, 3.63) is 108 Å². The Morgan fingerprint density at radius 1 is 0.667 bits per heavy atom. The summed E-state index contributed by atoms with van der Waals surface area (Å²) in [6.45, 7) is 9.20. The van der Waals surface area contributed by atoms with Gasteiger partial charge in [0.15, 0.2) is 24.3 Å². The minimum absolute atomic E-state index is 0.0841. The maximum absolute atomic E-state index is 13.6. The number of nitrogens with one attached hydrogen (secondary N) is 1. The molecule has 1 amide bonds. The molecule has 5 unspecified atom stereocenters. The van der Waals surface area contributed by atoms with Gasteiger partial charge in [-0.2, -0.15) is 0 Å². The van der Waals surface area contributed by atoms with Crippen LogP contribution in [0.5, 0.6) is 0 Å². The number of alkyl carbamates (subject to hydrolysis) is 1. The maximum atomic E-state index is 13.6. The minimum Gasteiger partial charge on any atom is -0.463 e. The number of carbonyl (C=O) groups is 4. The molecule has 0 radical (unpaired) electrons. The predicted molar refractivity (Wildman–Crippen MR) is 204 cm³/mol. The Bertz CT molecular complexity index is 1750. The maximum Gasteiger partial charge on any atom is 0.407 e. The number of esters is 3. The fraction of sp³-hybridized carbons (Fsp3) is 0.488. The van der Waals surface area contributed by atoms with Crippen molar-refractivity contribution in [2.24, 2.45) is 5.92 Å². The minimum atomic E-state index is -1.65. The summed E-state index contributed by atoms with van der Waals surface area (Å²) in [7, 11) is 0. The van der Waals surface area contributed by atoms with Gasteiger partial charge in [-0.15, -0.1) is 0 Å². The summed E-state index contributed by atoms with van der Waals surface area (Å²) < 4.78 is 55.8. The molecule has 2 aliphatic rings. The summed E-state index contributed by atoms with van der Waals surface area (Å²) in [5.41, 5.74) is 2.57. The molecule has 57 heavy (non-hydrogen) atoms. The molecule has 0 spiro atoms. The molecule has 14 nitrogen and oxygen atoms in total. The first-order valence-corrected chi connectivity index (χ1v) is 19.1. The Balaban J connectivity index is 1.54. The summed E-state index contributed by atoms with van der Waals surface area (Å²) in [5.74, 6) is -3.96. The van der Waals surface area contributed by atoms with Gasteiger partial charge >= 0.3 is 24.0 Å². The van der Waals surface area contributed by atoms with Crippen molar-refractivity contribution in [1.82, 2.24) is 5.32 Å². The van der Waals surface area contributed by atoms with Crippen LogP contribution in [0.3, 0.4) is 0 Å². The van der Waals surface area contributed by atoms with Gasteiger partial charge in [0, 0.05) is 26.7 Å². The van der Waals surface area contributed by atoms with Crippen molar-refractivity contribution in [2.75, 3.05) is 6.61 Å². The van der Waals surface area contributed by atoms with E-state index in [-0.39, 0.29) is 25.7 Å². The fourth-order valence-electron chi connectivity index (χ4n) is 7.11. The van der Waals surface area contributed by atoms with Crippen LogP contribution in [0.4, 0.5) is 4.79 Å². The van der Waals surface area contributed by atoms with Gasteiger partial charge in [0.05, 0.1) is 25.4 Å². The van der Waals surface area contributed by atoms with Crippen LogP contribution in [0.25, 0.3) is 0 Å². The van der Waals surface area contributed by atoms with E-state index in [4.69, 9.17) is 42.6 Å². The van der Waals surface area contributed by atoms with Gasteiger partial charge in [0.25, 0.3) is 0 Å². The summed E-state index contributed by atoms with van der Waals surface area (Å²) in [4.78, 5) is 50.8. The van der Waals surface area contributed by atoms with Crippen LogP contribution < -0.4 is 5.32 Å². The molecule has 0 aliphatic carbocycles. The van der Waals surface area contributed by atoms with Gasteiger partial charge in [-0.05, 0) is 30.0 Å². The lowest BCUT2D eigenvalue weighted by atomic mass is 9.85. The standard InChI is InChI=1S/C43H53NO13/c1-7-34-27(2)37(50-23-31-17-11-8-12-18-31)40(51-24-32-19-13-9-14-20-32)43(6,56-34)57-41-36(44-42(48)52-25-33-21-15-10-16-22-33)39(54-30(5)47)38(53-29(4)46)35(55-41)26-49-28(3)45/h8-22,27,34-41H,7,23-26H2,1-6H3,(H,44,48)/t27-,34?,35?,36?,37+,38-,39?,40?,41+,43-/m1/s1. The average Bonchev–Trinajstić information content (AvgIpc) is 3.19. The van der Waals surface area contributed by atoms with Crippen molar-refractivity contribution in [2.45, 2.75) is 123 Å². The van der Waals surface area contributed by atoms with Gasteiger partial charge in [0.2, 0.25) is 0 Å². The molecule has 2 heterocycles. The lowest BCUT2D eigenvalue weighted by molar-refractivity contribution is -0.409. The van der Waals surface area contributed by atoms with Crippen LogP contribution in [0, 0.1) is 5.92 Å². The lowest BCUT2D eigenvalue weighted by Crippen LogP contribution is -2.70. The highest BCUT2D eigenvalue weighted by Gasteiger charge is 2.58. The van der Waals surface area contributed by atoms with Crippen LogP contribution in [-0.2, 0) is 76.8 Å². The molecule has 14 heteroatoms. The van der Waals surface area contributed by atoms with Crippen LogP contribution in [0.15, 0.2) is 91.0 Å². The number of amides is 1. The highest BCUT2D eigenvalue weighted by Crippen LogP contribution is 2.42. The zero-order valence-corrected chi connectivity index (χ0v) is 33.2. The molecule has 308 valence electrons. The average molecular weight is 792 g/mol. The number of rotatable bonds is 16. The van der Waals surface area contributed by atoms with E-state index in [0.29, 0.717) is 6.42 Å². The molecule has 10 atom stereocenters. The van der Waals surface area contributed by atoms with Crippen molar-refractivity contribution in [3.63, 3.8) is 0 Å². The first-order valence-electron chi connectivity index (χ1n) is 19.1. The molecule has 0 aromatic heterocycles. The summed E-state index contributed by atoms with van der Waals surface area (Å²) in [5, 5.41) is 2.74. The van der Waals surface area contributed by atoms with Crippen LogP contribution in [0.1, 0.15) is 64.7 Å². The van der Waals surface area contributed by atoms with Gasteiger partial charge < -0.3 is 47.9 Å². The molecule has 2 saturated heterocycles. The molecular weight excluding hydrogens is 738 g/mol. The van der Waals surface area contributed by atoms with Crippen LogP contribution >= 0.6 is 0 Å². The number of benzene rings is 3. The van der Waals surface area contributed by atoms with Crippen molar-refractivity contribution >= 4 is 24.0 Å². The van der Waals surface area contributed by atoms with Crippen LogP contribution in [-0.4, -0.2) is 85.4 Å². The molecule has 3 aromatic carbocycles. The van der Waals surface area contributed by atoms with Gasteiger partial charge in [-0.3, -0.25) is 14.4 Å². The third-order valence-electron chi connectivity index (χ3n) is 9.81. The predicted octanol–water partition coefficient (Wildman–Crippen LogP) is 5.78. The Kier molecular flexibility index (Phi) is 15.6. The van der Waals surface area contributed by atoms with E-state index in [9.17, 15) is 19.2 Å². The van der Waals surface area contributed by atoms with E-state index in [2.05, 4.69) is 5.32 Å². The summed E-state index contributed by atoms with van der Waals surface area (Å²) in [6.07, 6.45) is -7.72. The highest BCUT2D eigenvalue weighted by molar-refractivity contribution is 5.69. The SMILES string of the molecule is CCC1O[C@](C)(O[C@@H]2OC(COC(C)=O)[C@@H](OC(C)=O)C(OC(C)=O)C2NC(=O)OCc2ccccc2)C(OCc2ccccc2)[C@@H](OCc2ccccc2)[C@@H]1C. The number of hydrogen-bond acceptors (Lipinski definition) is 13. The second-order valence-electron chi connectivity index (χ2n) is 14.3. The smallest absolute Gasteiger partial charge is 0.407 e. The summed E-state index contributed by atoms with van der Waals surface area (Å²) >= 11 is 0. The normalized spacial score (nSPS) is 28.4. The van der Waals surface area contributed by atoms with E-state index in [1.807, 2.05) is 92.7 Å². The first-order chi connectivity index (χ1) is 27.4. The quantitative estimate of drug-likeness (QED) is 0.137.